The first-order chi connectivity index (χ1) is 9.44. The van der Waals surface area contributed by atoms with Gasteiger partial charge in [-0.25, -0.2) is 0 Å². The van der Waals surface area contributed by atoms with Crippen LogP contribution < -0.4 is 5.32 Å². The molecule has 0 aromatic carbocycles. The number of hydrogen-bond acceptors (Lipinski definition) is 3. The van der Waals surface area contributed by atoms with Crippen LogP contribution >= 0.6 is 0 Å². The SMILES string of the molecule is O=C(NC1CCCC(OCC(F)(F)F)C1)c1cn[nH]c1. The van der Waals surface area contributed by atoms with Gasteiger partial charge in [-0.3, -0.25) is 9.89 Å². The van der Waals surface area contributed by atoms with Crippen molar-refractivity contribution in [1.82, 2.24) is 15.5 Å². The number of aromatic nitrogens is 2. The van der Waals surface area contributed by atoms with E-state index >= 15 is 0 Å². The van der Waals surface area contributed by atoms with Gasteiger partial charge in [-0.1, -0.05) is 0 Å². The molecule has 1 saturated carbocycles. The number of carbonyl (C=O) groups is 1. The van der Waals surface area contributed by atoms with E-state index in [2.05, 4.69) is 15.5 Å². The third-order valence-corrected chi connectivity index (χ3v) is 3.20. The third kappa shape index (κ3) is 4.52. The van der Waals surface area contributed by atoms with Crippen LogP contribution in [0.5, 0.6) is 0 Å². The average molecular weight is 291 g/mol. The highest BCUT2D eigenvalue weighted by Crippen LogP contribution is 2.24. The minimum absolute atomic E-state index is 0.163. The van der Waals surface area contributed by atoms with Gasteiger partial charge >= 0.3 is 6.18 Å². The predicted octanol–water partition coefficient (Wildman–Crippen LogP) is 2.03. The van der Waals surface area contributed by atoms with Crippen LogP contribution in [0, 0.1) is 0 Å². The number of ether oxygens (including phenoxy) is 1. The second-order valence-corrected chi connectivity index (χ2v) is 4.87. The minimum atomic E-state index is -4.31. The van der Waals surface area contributed by atoms with Crippen molar-refractivity contribution in [2.75, 3.05) is 6.61 Å². The quantitative estimate of drug-likeness (QED) is 0.892. The fourth-order valence-electron chi connectivity index (χ4n) is 2.28. The van der Waals surface area contributed by atoms with E-state index in [1.807, 2.05) is 0 Å². The van der Waals surface area contributed by atoms with Crippen molar-refractivity contribution >= 4 is 5.91 Å². The second-order valence-electron chi connectivity index (χ2n) is 4.87. The first-order valence-corrected chi connectivity index (χ1v) is 6.42. The zero-order valence-corrected chi connectivity index (χ0v) is 10.7. The molecule has 5 nitrogen and oxygen atoms in total. The molecule has 112 valence electrons. The monoisotopic (exact) mass is 291 g/mol. The molecule has 1 aliphatic carbocycles. The maximum absolute atomic E-state index is 12.1. The van der Waals surface area contributed by atoms with Crippen molar-refractivity contribution in [3.05, 3.63) is 18.0 Å². The van der Waals surface area contributed by atoms with Crippen LogP contribution in [0.15, 0.2) is 12.4 Å². The molecule has 1 aromatic heterocycles. The Labute approximate surface area is 113 Å². The summed E-state index contributed by atoms with van der Waals surface area (Å²) in [5.41, 5.74) is 0.406. The largest absolute Gasteiger partial charge is 0.411 e. The molecule has 2 rings (SSSR count). The molecule has 1 heterocycles. The molecule has 20 heavy (non-hydrogen) atoms. The number of rotatable bonds is 4. The molecule has 0 radical (unpaired) electrons. The Hall–Kier alpha value is -1.57. The van der Waals surface area contributed by atoms with E-state index < -0.39 is 18.9 Å². The topological polar surface area (TPSA) is 67.0 Å². The van der Waals surface area contributed by atoms with Crippen molar-refractivity contribution < 1.29 is 22.7 Å². The molecular formula is C12H16F3N3O2. The van der Waals surface area contributed by atoms with Crippen LogP contribution in [0.1, 0.15) is 36.0 Å². The lowest BCUT2D eigenvalue weighted by Crippen LogP contribution is -2.41. The van der Waals surface area contributed by atoms with Gasteiger partial charge in [-0.2, -0.15) is 18.3 Å². The summed E-state index contributed by atoms with van der Waals surface area (Å²) in [5, 5.41) is 8.99. The highest BCUT2D eigenvalue weighted by molar-refractivity contribution is 5.93. The maximum Gasteiger partial charge on any atom is 0.411 e. The van der Waals surface area contributed by atoms with Gasteiger partial charge in [0.25, 0.3) is 5.91 Å². The van der Waals surface area contributed by atoms with Crippen LogP contribution in [-0.4, -0.2) is 41.0 Å². The number of aromatic amines is 1. The maximum atomic E-state index is 12.1. The number of nitrogens with one attached hydrogen (secondary N) is 2. The number of amides is 1. The van der Waals surface area contributed by atoms with E-state index in [0.717, 1.165) is 12.8 Å². The van der Waals surface area contributed by atoms with Crippen molar-refractivity contribution in [1.29, 1.82) is 0 Å². The van der Waals surface area contributed by atoms with Gasteiger partial charge in [0.15, 0.2) is 0 Å². The van der Waals surface area contributed by atoms with Crippen LogP contribution in [0.2, 0.25) is 0 Å². The lowest BCUT2D eigenvalue weighted by atomic mass is 9.92. The van der Waals surface area contributed by atoms with Gasteiger partial charge in [0.05, 0.1) is 17.9 Å². The highest BCUT2D eigenvalue weighted by atomic mass is 19.4. The molecule has 1 aliphatic rings. The van der Waals surface area contributed by atoms with Gasteiger partial charge in [0, 0.05) is 12.2 Å². The number of halogens is 3. The molecule has 1 amide bonds. The van der Waals surface area contributed by atoms with E-state index in [-0.39, 0.29) is 11.9 Å². The van der Waals surface area contributed by atoms with Crippen molar-refractivity contribution in [2.24, 2.45) is 0 Å². The highest BCUT2D eigenvalue weighted by Gasteiger charge is 2.31. The summed E-state index contributed by atoms with van der Waals surface area (Å²) >= 11 is 0. The summed E-state index contributed by atoms with van der Waals surface area (Å²) in [6, 6.07) is -0.163. The molecule has 0 spiro atoms. The van der Waals surface area contributed by atoms with Crippen LogP contribution in [0.25, 0.3) is 0 Å². The summed E-state index contributed by atoms with van der Waals surface area (Å²) in [6.45, 7) is -1.24. The summed E-state index contributed by atoms with van der Waals surface area (Å²) < 4.78 is 41.2. The molecule has 2 atom stereocenters. The van der Waals surface area contributed by atoms with Gasteiger partial charge < -0.3 is 10.1 Å². The summed E-state index contributed by atoms with van der Waals surface area (Å²) in [5.74, 6) is -0.278. The van der Waals surface area contributed by atoms with Crippen LogP contribution in [0.4, 0.5) is 13.2 Å². The fourth-order valence-corrected chi connectivity index (χ4v) is 2.28. The molecule has 1 fully saturated rings. The van der Waals surface area contributed by atoms with E-state index in [9.17, 15) is 18.0 Å². The zero-order valence-electron chi connectivity index (χ0n) is 10.7. The number of nitrogens with zero attached hydrogens (tertiary/aromatic N) is 1. The number of H-pyrrole nitrogens is 1. The Balaban J connectivity index is 1.80. The van der Waals surface area contributed by atoms with Crippen LogP contribution in [0.3, 0.4) is 0 Å². The van der Waals surface area contributed by atoms with Gasteiger partial charge in [-0.05, 0) is 25.7 Å². The van der Waals surface area contributed by atoms with Gasteiger partial charge in [0.1, 0.15) is 6.61 Å². The molecule has 0 bridgehead atoms. The summed E-state index contributed by atoms with van der Waals surface area (Å²) in [4.78, 5) is 11.8. The number of hydrogen-bond donors (Lipinski definition) is 2. The van der Waals surface area contributed by atoms with Gasteiger partial charge in [0.2, 0.25) is 0 Å². The first-order valence-electron chi connectivity index (χ1n) is 6.42. The molecule has 8 heteroatoms. The average Bonchev–Trinajstić information content (AvgIpc) is 2.90. The molecule has 2 N–H and O–H groups in total. The van der Waals surface area contributed by atoms with Crippen LogP contribution in [-0.2, 0) is 4.74 Å². The Morgan fingerprint density at radius 3 is 2.95 bits per heavy atom. The lowest BCUT2D eigenvalue weighted by Gasteiger charge is -2.29. The van der Waals surface area contributed by atoms with Gasteiger partial charge in [-0.15, -0.1) is 0 Å². The molecule has 1 aromatic rings. The predicted molar refractivity (Wildman–Crippen MR) is 64.1 cm³/mol. The Morgan fingerprint density at radius 1 is 1.50 bits per heavy atom. The van der Waals surface area contributed by atoms with E-state index in [0.29, 0.717) is 18.4 Å². The Bertz CT molecular complexity index is 434. The molecule has 2 unspecified atom stereocenters. The number of carbonyl (C=O) groups excluding carboxylic acids is 1. The normalized spacial score (nSPS) is 23.6. The summed E-state index contributed by atoms with van der Waals surface area (Å²) in [7, 11) is 0. The van der Waals surface area contributed by atoms with Crippen molar-refractivity contribution in [3.8, 4) is 0 Å². The molecule has 0 aliphatic heterocycles. The summed E-state index contributed by atoms with van der Waals surface area (Å²) in [6.07, 6.45) is 0.570. The zero-order chi connectivity index (χ0) is 14.6. The smallest absolute Gasteiger partial charge is 0.369 e. The third-order valence-electron chi connectivity index (χ3n) is 3.20. The molecular weight excluding hydrogens is 275 g/mol. The van der Waals surface area contributed by atoms with Crippen molar-refractivity contribution in [3.63, 3.8) is 0 Å². The van der Waals surface area contributed by atoms with E-state index in [1.54, 1.807) is 0 Å². The molecule has 0 saturated heterocycles. The first kappa shape index (κ1) is 14.8. The minimum Gasteiger partial charge on any atom is -0.369 e. The lowest BCUT2D eigenvalue weighted by molar-refractivity contribution is -0.188. The van der Waals surface area contributed by atoms with E-state index in [1.165, 1.54) is 12.4 Å². The fraction of sp³-hybridized carbons (Fsp3) is 0.667. The Morgan fingerprint density at radius 2 is 2.30 bits per heavy atom. The van der Waals surface area contributed by atoms with Crippen molar-refractivity contribution in [2.45, 2.75) is 44.0 Å². The van der Waals surface area contributed by atoms with E-state index in [4.69, 9.17) is 4.74 Å². The number of alkyl halides is 3. The Kier molecular flexibility index (Phi) is 4.64. The second kappa shape index (κ2) is 6.25. The standard InChI is InChI=1S/C12H16F3N3O2/c13-12(14,15)7-20-10-3-1-2-9(4-10)18-11(19)8-5-16-17-6-8/h5-6,9-10H,1-4,7H2,(H,16,17)(H,18,19).